The van der Waals surface area contributed by atoms with Crippen molar-refractivity contribution >= 4 is 23.2 Å². The van der Waals surface area contributed by atoms with E-state index in [0.29, 0.717) is 6.42 Å². The molecule has 5 rings (SSSR count). The number of unbranched alkanes of at least 4 members (excludes halogenated alkanes) is 1. The van der Waals surface area contributed by atoms with Gasteiger partial charge in [0.25, 0.3) is 0 Å². The number of ketones is 2. The van der Waals surface area contributed by atoms with Crippen LogP contribution in [-0.4, -0.2) is 80.9 Å². The van der Waals surface area contributed by atoms with Crippen molar-refractivity contribution in [3.63, 3.8) is 0 Å². The summed E-state index contributed by atoms with van der Waals surface area (Å²) in [7, 11) is 1.35. The van der Waals surface area contributed by atoms with E-state index in [1.54, 1.807) is 6.92 Å². The molecule has 0 spiro atoms. The minimum Gasteiger partial charge on any atom is -0.507 e. The number of nitrogens with one attached hydrogen (secondary N) is 1. The first-order chi connectivity index (χ1) is 21.3. The number of aliphatic hydroxyl groups excluding tert-OH is 1. The van der Waals surface area contributed by atoms with E-state index in [1.807, 2.05) is 6.92 Å². The number of rotatable bonds is 8. The fourth-order valence-corrected chi connectivity index (χ4v) is 6.31. The molecule has 1 aliphatic heterocycles. The van der Waals surface area contributed by atoms with Gasteiger partial charge in [-0.2, -0.15) is 5.10 Å². The van der Waals surface area contributed by atoms with Crippen molar-refractivity contribution in [2.45, 2.75) is 95.5 Å². The molecule has 13 heteroatoms. The molecule has 1 fully saturated rings. The van der Waals surface area contributed by atoms with Gasteiger partial charge in [0.1, 0.15) is 22.8 Å². The van der Waals surface area contributed by atoms with Crippen LogP contribution in [0.4, 0.5) is 0 Å². The van der Waals surface area contributed by atoms with Crippen LogP contribution in [-0.2, 0) is 20.7 Å². The van der Waals surface area contributed by atoms with Gasteiger partial charge in [-0.25, -0.2) is 5.43 Å². The summed E-state index contributed by atoms with van der Waals surface area (Å²) in [6, 6.07) is 3.78. The highest BCUT2D eigenvalue weighted by Crippen LogP contribution is 2.52. The smallest absolute Gasteiger partial charge is 0.240 e. The highest BCUT2D eigenvalue weighted by molar-refractivity contribution is 6.31. The van der Waals surface area contributed by atoms with Crippen molar-refractivity contribution < 1.29 is 49.0 Å². The summed E-state index contributed by atoms with van der Waals surface area (Å²) in [6.07, 6.45) is -2.65. The number of hydrogen-bond acceptors (Lipinski definition) is 12. The summed E-state index contributed by atoms with van der Waals surface area (Å²) in [5, 5.41) is 49.7. The molecule has 13 nitrogen and oxygen atoms in total. The number of nitrogens with zero attached hydrogens (tertiary/aromatic N) is 1. The zero-order valence-corrected chi connectivity index (χ0v) is 25.6. The molecule has 242 valence electrons. The Morgan fingerprint density at radius 1 is 1.18 bits per heavy atom. The van der Waals surface area contributed by atoms with Crippen LogP contribution >= 0.6 is 0 Å². The van der Waals surface area contributed by atoms with E-state index in [4.69, 9.17) is 19.9 Å². The second-order valence-electron chi connectivity index (χ2n) is 11.9. The van der Waals surface area contributed by atoms with Crippen LogP contribution in [0.25, 0.3) is 0 Å². The summed E-state index contributed by atoms with van der Waals surface area (Å²) in [6.45, 7) is 5.07. The molecule has 1 saturated heterocycles. The van der Waals surface area contributed by atoms with Gasteiger partial charge in [-0.15, -0.1) is 0 Å². The fourth-order valence-electron chi connectivity index (χ4n) is 6.31. The molecule has 2 aromatic carbocycles. The number of fused-ring (bicyclic) bond motifs is 3. The third-order valence-electron chi connectivity index (χ3n) is 8.92. The van der Waals surface area contributed by atoms with Gasteiger partial charge in [0, 0.05) is 48.4 Å². The zero-order chi connectivity index (χ0) is 32.8. The Labute approximate surface area is 260 Å². The van der Waals surface area contributed by atoms with E-state index in [9.17, 15) is 34.8 Å². The highest BCUT2D eigenvalue weighted by atomic mass is 16.7. The Hall–Kier alpha value is -3.88. The average Bonchev–Trinajstić information content (AvgIpc) is 3.01. The van der Waals surface area contributed by atoms with Gasteiger partial charge >= 0.3 is 0 Å². The summed E-state index contributed by atoms with van der Waals surface area (Å²) >= 11 is 0. The van der Waals surface area contributed by atoms with Crippen LogP contribution in [0.15, 0.2) is 23.3 Å². The average molecular weight is 626 g/mol. The second kappa shape index (κ2) is 12.5. The second-order valence-corrected chi connectivity index (χ2v) is 11.9. The Morgan fingerprint density at radius 2 is 1.89 bits per heavy atom. The highest BCUT2D eigenvalue weighted by Gasteiger charge is 2.49. The number of phenols is 2. The molecule has 0 bridgehead atoms. The molecule has 1 heterocycles. The van der Waals surface area contributed by atoms with Crippen LogP contribution < -0.4 is 15.9 Å². The summed E-state index contributed by atoms with van der Waals surface area (Å²) < 4.78 is 17.4. The van der Waals surface area contributed by atoms with Crippen LogP contribution in [0.1, 0.15) is 102 Å². The number of benzene rings is 2. The topological polar surface area (TPSA) is 210 Å². The monoisotopic (exact) mass is 625 g/mol. The Bertz CT molecular complexity index is 1560. The first-order valence-corrected chi connectivity index (χ1v) is 15.0. The van der Waals surface area contributed by atoms with Crippen LogP contribution in [0.5, 0.6) is 17.2 Å². The van der Waals surface area contributed by atoms with Crippen LogP contribution in [0.3, 0.4) is 0 Å². The number of aromatic hydroxyl groups is 2. The number of ether oxygens (including phenoxy) is 3. The molecule has 7 N–H and O–H groups in total. The zero-order valence-electron chi connectivity index (χ0n) is 25.6. The summed E-state index contributed by atoms with van der Waals surface area (Å²) in [5.41, 5.74) is 5.89. The maximum absolute atomic E-state index is 13.8. The number of amides is 1. The normalized spacial score (nSPS) is 27.8. The quantitative estimate of drug-likeness (QED) is 0.121. The molecular formula is C32H39N3O10. The third-order valence-corrected chi connectivity index (χ3v) is 8.92. The number of nitrogens with two attached hydrogens (primary N) is 1. The number of aliphatic hydroxyl groups is 2. The minimum atomic E-state index is -1.83. The lowest BCUT2D eigenvalue weighted by molar-refractivity contribution is -0.245. The maximum Gasteiger partial charge on any atom is 0.240 e. The molecule has 2 aliphatic carbocycles. The number of hydrazone groups is 1. The van der Waals surface area contributed by atoms with Gasteiger partial charge in [0.2, 0.25) is 11.7 Å². The first-order valence-electron chi connectivity index (χ1n) is 15.0. The SMILES string of the molecule is CCCCC(=O)N/N=C(\C)[C@]1(O)Cc2c(O)c3c(c(O)c2[C@H](O[C@@H]2C[C@H](N)[C@H](O)[C@H](C)O2)C1)C(=O)c1c(OC)cccc1C3=O. The third kappa shape index (κ3) is 5.70. The standard InChI is InChI=1S/C32H39N3O10/c1-5-6-10-21(36)35-34-15(3)32(42)12-17-24(20(13-32)45-22-11-18(33)27(37)14(2)44-22)31(41)26-25(29(17)39)28(38)16-8-7-9-19(43-4)23(16)30(26)40/h7-9,14,18,20,22,27,37,39,41-42H,5-6,10-13,33H2,1-4H3,(H,35,36)/b34-15+/t14-,18-,20+,22+,27+,32-/m0/s1. The van der Waals surface area contributed by atoms with Crippen LogP contribution in [0.2, 0.25) is 0 Å². The Morgan fingerprint density at radius 3 is 2.56 bits per heavy atom. The molecular weight excluding hydrogens is 586 g/mol. The predicted octanol–water partition coefficient (Wildman–Crippen LogP) is 2.12. The van der Waals surface area contributed by atoms with Crippen molar-refractivity contribution in [1.82, 2.24) is 5.43 Å². The van der Waals surface area contributed by atoms with Crippen molar-refractivity contribution in [3.8, 4) is 17.2 Å². The van der Waals surface area contributed by atoms with Crippen molar-refractivity contribution in [1.29, 1.82) is 0 Å². The van der Waals surface area contributed by atoms with Gasteiger partial charge in [-0.1, -0.05) is 25.5 Å². The lowest BCUT2D eigenvalue weighted by Gasteiger charge is -2.42. The van der Waals surface area contributed by atoms with Gasteiger partial charge < -0.3 is 40.4 Å². The number of carbonyl (C=O) groups is 3. The van der Waals surface area contributed by atoms with E-state index in [2.05, 4.69) is 10.5 Å². The van der Waals surface area contributed by atoms with Crippen molar-refractivity contribution in [2.24, 2.45) is 10.8 Å². The number of phenolic OH excluding ortho intramolecular Hbond substituents is 2. The van der Waals surface area contributed by atoms with E-state index in [-0.39, 0.29) is 65.3 Å². The lowest BCUT2D eigenvalue weighted by Crippen LogP contribution is -2.52. The maximum atomic E-state index is 13.8. The molecule has 45 heavy (non-hydrogen) atoms. The molecule has 0 aromatic heterocycles. The Kier molecular flexibility index (Phi) is 9.02. The predicted molar refractivity (Wildman–Crippen MR) is 160 cm³/mol. The van der Waals surface area contributed by atoms with Gasteiger partial charge in [0.15, 0.2) is 12.1 Å². The van der Waals surface area contributed by atoms with E-state index >= 15 is 0 Å². The van der Waals surface area contributed by atoms with Gasteiger partial charge in [-0.05, 0) is 26.3 Å². The number of methoxy groups -OCH3 is 1. The molecule has 0 unspecified atom stereocenters. The van der Waals surface area contributed by atoms with E-state index in [1.165, 1.54) is 32.2 Å². The largest absolute Gasteiger partial charge is 0.507 e. The molecule has 1 amide bonds. The first kappa shape index (κ1) is 32.5. The molecule has 0 radical (unpaired) electrons. The minimum absolute atomic E-state index is 0.00819. The number of carbonyl (C=O) groups excluding carboxylic acids is 3. The van der Waals surface area contributed by atoms with Crippen LogP contribution in [0, 0.1) is 0 Å². The molecule has 0 saturated carbocycles. The Balaban J connectivity index is 1.63. The van der Waals surface area contributed by atoms with Gasteiger partial charge in [-0.3, -0.25) is 14.4 Å². The van der Waals surface area contributed by atoms with E-state index in [0.717, 1.165) is 6.42 Å². The summed E-state index contributed by atoms with van der Waals surface area (Å²) in [5.74, 6) is -2.84. The summed E-state index contributed by atoms with van der Waals surface area (Å²) in [4.78, 5) is 39.8. The fraction of sp³-hybridized carbons (Fsp3) is 0.500. The van der Waals surface area contributed by atoms with Gasteiger partial charge in [0.05, 0.1) is 47.8 Å². The van der Waals surface area contributed by atoms with Crippen molar-refractivity contribution in [3.05, 3.63) is 51.6 Å². The molecule has 2 aromatic rings. The molecule has 6 atom stereocenters. The van der Waals surface area contributed by atoms with Crippen molar-refractivity contribution in [2.75, 3.05) is 7.11 Å². The number of hydrogen-bond donors (Lipinski definition) is 6. The lowest BCUT2D eigenvalue weighted by atomic mass is 9.72. The molecule has 3 aliphatic rings. The van der Waals surface area contributed by atoms with E-state index < -0.39 is 70.4 Å².